The van der Waals surface area contributed by atoms with Crippen LogP contribution in [0.2, 0.25) is 0 Å². The van der Waals surface area contributed by atoms with Gasteiger partial charge in [0.05, 0.1) is 5.60 Å². The highest BCUT2D eigenvalue weighted by Crippen LogP contribution is 2.18. The second kappa shape index (κ2) is 7.34. The Morgan fingerprint density at radius 3 is 2.15 bits per heavy atom. The summed E-state index contributed by atoms with van der Waals surface area (Å²) in [6.45, 7) is 4.09. The highest BCUT2D eigenvalue weighted by molar-refractivity contribution is 4.71. The van der Waals surface area contributed by atoms with Crippen LogP contribution < -0.4 is 0 Å². The third kappa shape index (κ3) is 8.26. The highest BCUT2D eigenvalue weighted by atomic mass is 16.3. The van der Waals surface area contributed by atoms with Crippen LogP contribution in [0.4, 0.5) is 0 Å². The Morgan fingerprint density at radius 2 is 1.62 bits per heavy atom. The predicted molar refractivity (Wildman–Crippen MR) is 55.7 cm³/mol. The fourth-order valence-corrected chi connectivity index (χ4v) is 1.48. The summed E-state index contributed by atoms with van der Waals surface area (Å²) in [6.07, 6.45) is 7.42. The van der Waals surface area contributed by atoms with Crippen molar-refractivity contribution in [3.8, 4) is 0 Å². The van der Waals surface area contributed by atoms with Crippen LogP contribution in [-0.2, 0) is 0 Å². The smallest absolute Gasteiger partial charge is 0.0641 e. The van der Waals surface area contributed by atoms with Gasteiger partial charge in [0.2, 0.25) is 0 Å². The average molecular weight is 188 g/mol. The second-order valence-corrected chi connectivity index (χ2v) is 4.13. The van der Waals surface area contributed by atoms with E-state index in [-0.39, 0.29) is 6.61 Å². The molecule has 0 spiro atoms. The lowest BCUT2D eigenvalue weighted by molar-refractivity contribution is 0.0232. The molecule has 80 valence electrons. The Kier molecular flexibility index (Phi) is 7.29. The van der Waals surface area contributed by atoms with Gasteiger partial charge in [-0.1, -0.05) is 39.0 Å². The summed E-state index contributed by atoms with van der Waals surface area (Å²) in [5.74, 6) is 0. The van der Waals surface area contributed by atoms with E-state index in [0.717, 1.165) is 12.8 Å². The third-order valence-corrected chi connectivity index (χ3v) is 2.47. The van der Waals surface area contributed by atoms with Crippen LogP contribution in [0.15, 0.2) is 0 Å². The van der Waals surface area contributed by atoms with Crippen molar-refractivity contribution in [3.05, 3.63) is 0 Å². The van der Waals surface area contributed by atoms with E-state index in [0.29, 0.717) is 6.42 Å². The van der Waals surface area contributed by atoms with Gasteiger partial charge in [-0.25, -0.2) is 0 Å². The molecule has 0 fully saturated rings. The number of rotatable bonds is 8. The molecule has 0 aliphatic rings. The molecular formula is C11H24O2. The minimum atomic E-state index is -0.652. The summed E-state index contributed by atoms with van der Waals surface area (Å²) < 4.78 is 0. The zero-order valence-corrected chi connectivity index (χ0v) is 9.05. The van der Waals surface area contributed by atoms with Crippen molar-refractivity contribution in [2.24, 2.45) is 0 Å². The lowest BCUT2D eigenvalue weighted by Crippen LogP contribution is -2.25. The minimum Gasteiger partial charge on any atom is -0.396 e. The molecular weight excluding hydrogens is 164 g/mol. The van der Waals surface area contributed by atoms with E-state index in [9.17, 15) is 5.11 Å². The standard InChI is InChI=1S/C11H24O2/c1-3-4-5-6-7-8-11(2,13)9-10-12/h12-13H,3-10H2,1-2H3. The third-order valence-electron chi connectivity index (χ3n) is 2.47. The zero-order chi connectivity index (χ0) is 10.2. The number of unbranched alkanes of at least 4 members (excludes halogenated alkanes) is 4. The van der Waals surface area contributed by atoms with Crippen LogP contribution in [0.25, 0.3) is 0 Å². The van der Waals surface area contributed by atoms with Crippen LogP contribution in [0.3, 0.4) is 0 Å². The molecule has 0 rings (SSSR count). The van der Waals surface area contributed by atoms with Gasteiger partial charge in [0.1, 0.15) is 0 Å². The van der Waals surface area contributed by atoms with Crippen molar-refractivity contribution in [2.75, 3.05) is 6.61 Å². The molecule has 0 aliphatic carbocycles. The second-order valence-electron chi connectivity index (χ2n) is 4.13. The molecule has 0 amide bonds. The first-order valence-electron chi connectivity index (χ1n) is 5.45. The van der Waals surface area contributed by atoms with Crippen molar-refractivity contribution in [1.82, 2.24) is 0 Å². The van der Waals surface area contributed by atoms with E-state index < -0.39 is 5.60 Å². The Hall–Kier alpha value is -0.0800. The maximum absolute atomic E-state index is 9.71. The first kappa shape index (κ1) is 12.9. The SMILES string of the molecule is CCCCCCCC(C)(O)CCO. The summed E-state index contributed by atoms with van der Waals surface area (Å²) >= 11 is 0. The van der Waals surface area contributed by atoms with Gasteiger partial charge in [-0.15, -0.1) is 0 Å². The van der Waals surface area contributed by atoms with Gasteiger partial charge in [-0.2, -0.15) is 0 Å². The maximum atomic E-state index is 9.71. The van der Waals surface area contributed by atoms with E-state index in [1.807, 2.05) is 6.92 Å². The monoisotopic (exact) mass is 188 g/mol. The minimum absolute atomic E-state index is 0.0853. The summed E-state index contributed by atoms with van der Waals surface area (Å²) in [5, 5.41) is 18.4. The van der Waals surface area contributed by atoms with Gasteiger partial charge >= 0.3 is 0 Å². The molecule has 0 aliphatic heterocycles. The Morgan fingerprint density at radius 1 is 1.00 bits per heavy atom. The number of aliphatic hydroxyl groups excluding tert-OH is 1. The fourth-order valence-electron chi connectivity index (χ4n) is 1.48. The van der Waals surface area contributed by atoms with Gasteiger partial charge in [-0.05, 0) is 19.8 Å². The lowest BCUT2D eigenvalue weighted by Gasteiger charge is -2.21. The Balaban J connectivity index is 3.29. The van der Waals surface area contributed by atoms with Crippen molar-refractivity contribution in [3.63, 3.8) is 0 Å². The molecule has 2 nitrogen and oxygen atoms in total. The average Bonchev–Trinajstić information content (AvgIpc) is 2.04. The molecule has 2 heteroatoms. The molecule has 0 saturated carbocycles. The summed E-state index contributed by atoms with van der Waals surface area (Å²) in [7, 11) is 0. The van der Waals surface area contributed by atoms with Crippen LogP contribution in [0.1, 0.15) is 58.8 Å². The van der Waals surface area contributed by atoms with E-state index in [4.69, 9.17) is 5.11 Å². The van der Waals surface area contributed by atoms with Crippen molar-refractivity contribution in [1.29, 1.82) is 0 Å². The summed E-state index contributed by atoms with van der Waals surface area (Å²) in [4.78, 5) is 0. The van der Waals surface area contributed by atoms with E-state index in [1.54, 1.807) is 0 Å². The van der Waals surface area contributed by atoms with Crippen molar-refractivity contribution >= 4 is 0 Å². The molecule has 2 N–H and O–H groups in total. The van der Waals surface area contributed by atoms with Gasteiger partial charge in [0.25, 0.3) is 0 Å². The molecule has 0 saturated heterocycles. The maximum Gasteiger partial charge on any atom is 0.0641 e. The zero-order valence-electron chi connectivity index (χ0n) is 9.05. The van der Waals surface area contributed by atoms with Gasteiger partial charge in [-0.3, -0.25) is 0 Å². The van der Waals surface area contributed by atoms with Gasteiger partial charge in [0, 0.05) is 6.61 Å². The first-order chi connectivity index (χ1) is 6.12. The molecule has 0 aromatic rings. The summed E-state index contributed by atoms with van der Waals surface area (Å²) in [6, 6.07) is 0. The fraction of sp³-hybridized carbons (Fsp3) is 1.00. The van der Waals surface area contributed by atoms with Gasteiger partial charge in [0.15, 0.2) is 0 Å². The normalized spacial score (nSPS) is 15.7. The molecule has 0 aromatic heterocycles. The number of aliphatic hydroxyl groups is 2. The topological polar surface area (TPSA) is 40.5 Å². The Labute approximate surface area is 82.0 Å². The number of hydrogen-bond acceptors (Lipinski definition) is 2. The first-order valence-corrected chi connectivity index (χ1v) is 5.45. The van der Waals surface area contributed by atoms with E-state index >= 15 is 0 Å². The number of hydrogen-bond donors (Lipinski definition) is 2. The van der Waals surface area contributed by atoms with Crippen LogP contribution in [0.5, 0.6) is 0 Å². The summed E-state index contributed by atoms with van der Waals surface area (Å²) in [5.41, 5.74) is -0.652. The Bertz CT molecular complexity index is 111. The molecule has 0 bridgehead atoms. The molecule has 13 heavy (non-hydrogen) atoms. The predicted octanol–water partition coefficient (Wildman–Crippen LogP) is 2.48. The molecule has 1 unspecified atom stereocenters. The highest BCUT2D eigenvalue weighted by Gasteiger charge is 2.18. The van der Waals surface area contributed by atoms with Crippen LogP contribution in [-0.4, -0.2) is 22.4 Å². The van der Waals surface area contributed by atoms with Crippen LogP contribution >= 0.6 is 0 Å². The largest absolute Gasteiger partial charge is 0.396 e. The van der Waals surface area contributed by atoms with Crippen LogP contribution in [0, 0.1) is 0 Å². The van der Waals surface area contributed by atoms with E-state index in [2.05, 4.69) is 6.92 Å². The quantitative estimate of drug-likeness (QED) is 0.574. The molecule has 0 radical (unpaired) electrons. The van der Waals surface area contributed by atoms with Gasteiger partial charge < -0.3 is 10.2 Å². The molecule has 0 heterocycles. The van der Waals surface area contributed by atoms with Crippen molar-refractivity contribution in [2.45, 2.75) is 64.4 Å². The van der Waals surface area contributed by atoms with E-state index in [1.165, 1.54) is 25.7 Å². The molecule has 1 atom stereocenters. The lowest BCUT2D eigenvalue weighted by atomic mass is 9.95. The molecule has 0 aromatic carbocycles. The van der Waals surface area contributed by atoms with Crippen molar-refractivity contribution < 1.29 is 10.2 Å².